The number of amides is 1. The van der Waals surface area contributed by atoms with Crippen molar-refractivity contribution in [1.29, 1.82) is 0 Å². The first-order chi connectivity index (χ1) is 6.86. The van der Waals surface area contributed by atoms with Gasteiger partial charge in [-0.2, -0.15) is 9.89 Å². The Balaban J connectivity index is 1.88. The topological polar surface area (TPSA) is 46.9 Å². The molecule has 0 radical (unpaired) electrons. The highest BCUT2D eigenvalue weighted by Crippen LogP contribution is 2.23. The zero-order valence-corrected chi connectivity index (χ0v) is 8.15. The Morgan fingerprint density at radius 2 is 2.14 bits per heavy atom. The predicted molar refractivity (Wildman–Crippen MR) is 53.2 cm³/mol. The highest BCUT2D eigenvalue weighted by molar-refractivity contribution is 5.85. The summed E-state index contributed by atoms with van der Waals surface area (Å²) in [5.41, 5.74) is 2.76. The number of hydrogen-bond donors (Lipinski definition) is 1. The maximum Gasteiger partial charge on any atom is 0.243 e. The first-order valence-electron chi connectivity index (χ1n) is 5.17. The quantitative estimate of drug-likeness (QED) is 0.774. The van der Waals surface area contributed by atoms with E-state index < -0.39 is 0 Å². The molecule has 0 saturated heterocycles. The van der Waals surface area contributed by atoms with Crippen LogP contribution in [-0.4, -0.2) is 15.8 Å². The Bertz CT molecular complexity index is 288. The normalized spacial score (nSPS) is 18.0. The third kappa shape index (κ3) is 2.13. The molecular formula is C10H15N3O. The summed E-state index contributed by atoms with van der Waals surface area (Å²) in [5.74, 6) is 0.293. The van der Waals surface area contributed by atoms with Gasteiger partial charge in [0.15, 0.2) is 0 Å². The molecule has 0 aromatic carbocycles. The lowest BCUT2D eigenvalue weighted by Crippen LogP contribution is -2.31. The number of hydrogen-bond acceptors (Lipinski definition) is 2. The molecule has 4 nitrogen and oxygen atoms in total. The minimum atomic E-state index is 0.105. The fraction of sp³-hybridized carbons (Fsp3) is 0.600. The van der Waals surface area contributed by atoms with Crippen LogP contribution in [0.15, 0.2) is 18.5 Å². The van der Waals surface area contributed by atoms with Gasteiger partial charge in [-0.3, -0.25) is 4.79 Å². The zero-order valence-electron chi connectivity index (χ0n) is 8.15. The summed E-state index contributed by atoms with van der Waals surface area (Å²) in [6.45, 7) is 0. The number of nitrogens with zero attached hydrogens (tertiary/aromatic N) is 2. The van der Waals surface area contributed by atoms with Crippen LogP contribution in [0.4, 0.5) is 0 Å². The van der Waals surface area contributed by atoms with Crippen molar-refractivity contribution in [3.05, 3.63) is 18.5 Å². The molecule has 0 bridgehead atoms. The second-order valence-corrected chi connectivity index (χ2v) is 3.76. The van der Waals surface area contributed by atoms with Crippen molar-refractivity contribution in [3.8, 4) is 0 Å². The molecule has 14 heavy (non-hydrogen) atoms. The van der Waals surface area contributed by atoms with Crippen molar-refractivity contribution in [3.63, 3.8) is 0 Å². The van der Waals surface area contributed by atoms with E-state index in [0.717, 1.165) is 12.8 Å². The molecule has 0 atom stereocenters. The molecule has 1 heterocycles. The van der Waals surface area contributed by atoms with Gasteiger partial charge in [0.25, 0.3) is 0 Å². The van der Waals surface area contributed by atoms with Crippen LogP contribution in [0, 0.1) is 5.92 Å². The monoisotopic (exact) mass is 193 g/mol. The number of aromatic nitrogens is 2. The summed E-state index contributed by atoms with van der Waals surface area (Å²) >= 11 is 0. The Kier molecular flexibility index (Phi) is 2.81. The second kappa shape index (κ2) is 4.26. The SMILES string of the molecule is O=C(Nn1cccn1)C1CCCCC1. The van der Waals surface area contributed by atoms with E-state index in [1.807, 2.05) is 0 Å². The van der Waals surface area contributed by atoms with Crippen LogP contribution < -0.4 is 5.43 Å². The van der Waals surface area contributed by atoms with Crippen LogP contribution in [0.3, 0.4) is 0 Å². The van der Waals surface area contributed by atoms with Crippen molar-refractivity contribution in [2.24, 2.45) is 5.92 Å². The number of rotatable bonds is 2. The molecule has 1 aliphatic carbocycles. The lowest BCUT2D eigenvalue weighted by atomic mass is 9.89. The predicted octanol–water partition coefficient (Wildman–Crippen LogP) is 1.53. The Morgan fingerprint density at radius 3 is 2.79 bits per heavy atom. The molecule has 1 amide bonds. The van der Waals surface area contributed by atoms with Crippen LogP contribution in [0.2, 0.25) is 0 Å². The molecule has 1 aliphatic rings. The van der Waals surface area contributed by atoms with Gasteiger partial charge in [-0.05, 0) is 18.9 Å². The average Bonchev–Trinajstić information content (AvgIpc) is 2.72. The molecule has 1 aromatic heterocycles. The second-order valence-electron chi connectivity index (χ2n) is 3.76. The van der Waals surface area contributed by atoms with E-state index in [1.165, 1.54) is 24.1 Å². The third-order valence-corrected chi connectivity index (χ3v) is 2.71. The van der Waals surface area contributed by atoms with Gasteiger partial charge in [0.1, 0.15) is 0 Å². The fourth-order valence-electron chi connectivity index (χ4n) is 1.90. The van der Waals surface area contributed by atoms with E-state index in [2.05, 4.69) is 10.5 Å². The lowest BCUT2D eigenvalue weighted by Gasteiger charge is -2.20. The van der Waals surface area contributed by atoms with Gasteiger partial charge in [0, 0.05) is 12.1 Å². The van der Waals surface area contributed by atoms with Gasteiger partial charge in [-0.1, -0.05) is 19.3 Å². The van der Waals surface area contributed by atoms with Crippen molar-refractivity contribution >= 4 is 5.91 Å². The summed E-state index contributed by atoms with van der Waals surface area (Å²) in [7, 11) is 0. The molecule has 1 fully saturated rings. The van der Waals surface area contributed by atoms with Crippen molar-refractivity contribution in [2.45, 2.75) is 32.1 Å². The molecule has 0 aliphatic heterocycles. The average molecular weight is 193 g/mol. The van der Waals surface area contributed by atoms with Crippen LogP contribution in [0.1, 0.15) is 32.1 Å². The number of nitrogens with one attached hydrogen (secondary N) is 1. The number of carbonyl (C=O) groups is 1. The first-order valence-corrected chi connectivity index (χ1v) is 5.17. The lowest BCUT2D eigenvalue weighted by molar-refractivity contribution is -0.121. The summed E-state index contributed by atoms with van der Waals surface area (Å²) in [6.07, 6.45) is 9.06. The fourth-order valence-corrected chi connectivity index (χ4v) is 1.90. The maximum absolute atomic E-state index is 11.7. The molecule has 0 spiro atoms. The Labute approximate surface area is 83.3 Å². The highest BCUT2D eigenvalue weighted by Gasteiger charge is 2.20. The van der Waals surface area contributed by atoms with E-state index in [9.17, 15) is 4.79 Å². The van der Waals surface area contributed by atoms with Gasteiger partial charge in [0.2, 0.25) is 5.91 Å². The van der Waals surface area contributed by atoms with Gasteiger partial charge in [0.05, 0.1) is 6.20 Å². The molecular weight excluding hydrogens is 178 g/mol. The number of carbonyl (C=O) groups excluding carboxylic acids is 1. The van der Waals surface area contributed by atoms with E-state index >= 15 is 0 Å². The van der Waals surface area contributed by atoms with Crippen LogP contribution in [0.25, 0.3) is 0 Å². The van der Waals surface area contributed by atoms with E-state index in [1.54, 1.807) is 18.5 Å². The standard InChI is InChI=1S/C10H15N3O/c14-10(9-5-2-1-3-6-9)12-13-8-4-7-11-13/h4,7-9H,1-3,5-6H2,(H,12,14). The summed E-state index contributed by atoms with van der Waals surface area (Å²) in [4.78, 5) is 13.2. The van der Waals surface area contributed by atoms with Gasteiger partial charge >= 0.3 is 0 Å². The molecule has 0 unspecified atom stereocenters. The zero-order chi connectivity index (χ0) is 9.80. The summed E-state index contributed by atoms with van der Waals surface area (Å²) in [5, 5.41) is 3.94. The molecule has 1 N–H and O–H groups in total. The van der Waals surface area contributed by atoms with Crippen LogP contribution in [0.5, 0.6) is 0 Å². The van der Waals surface area contributed by atoms with E-state index in [4.69, 9.17) is 0 Å². The summed E-state index contributed by atoms with van der Waals surface area (Å²) < 4.78 is 0. The molecule has 1 saturated carbocycles. The minimum absolute atomic E-state index is 0.105. The Morgan fingerprint density at radius 1 is 1.36 bits per heavy atom. The van der Waals surface area contributed by atoms with Gasteiger partial charge < -0.3 is 0 Å². The Hall–Kier alpha value is -1.32. The largest absolute Gasteiger partial charge is 0.273 e. The van der Waals surface area contributed by atoms with E-state index in [0.29, 0.717) is 0 Å². The van der Waals surface area contributed by atoms with Crippen molar-refractivity contribution in [1.82, 2.24) is 9.89 Å². The minimum Gasteiger partial charge on any atom is -0.273 e. The van der Waals surface area contributed by atoms with E-state index in [-0.39, 0.29) is 11.8 Å². The summed E-state index contributed by atoms with van der Waals surface area (Å²) in [6, 6.07) is 1.79. The first kappa shape index (κ1) is 9.24. The third-order valence-electron chi connectivity index (χ3n) is 2.71. The molecule has 76 valence electrons. The van der Waals surface area contributed by atoms with Crippen LogP contribution in [-0.2, 0) is 4.79 Å². The smallest absolute Gasteiger partial charge is 0.243 e. The molecule has 2 rings (SSSR count). The van der Waals surface area contributed by atoms with Crippen LogP contribution >= 0.6 is 0 Å². The molecule has 1 aromatic rings. The van der Waals surface area contributed by atoms with Crippen molar-refractivity contribution in [2.75, 3.05) is 5.43 Å². The van der Waals surface area contributed by atoms with Gasteiger partial charge in [-0.25, -0.2) is 5.43 Å². The van der Waals surface area contributed by atoms with Crippen molar-refractivity contribution < 1.29 is 4.79 Å². The maximum atomic E-state index is 11.7. The highest BCUT2D eigenvalue weighted by atomic mass is 16.2. The van der Waals surface area contributed by atoms with Gasteiger partial charge in [-0.15, -0.1) is 0 Å². The molecule has 4 heteroatoms.